The molecule has 0 aliphatic carbocycles. The average Bonchev–Trinajstić information content (AvgIpc) is 2.75. The molecule has 3 rings (SSSR count). The molecule has 4 nitrogen and oxygen atoms in total. The summed E-state index contributed by atoms with van der Waals surface area (Å²) in [5, 5.41) is 4.48. The maximum Gasteiger partial charge on any atom is 0.154 e. The molecule has 19 heavy (non-hydrogen) atoms. The van der Waals surface area contributed by atoms with Crippen LogP contribution < -0.4 is 5.32 Å². The molecule has 2 aromatic rings. The number of hydrogen-bond donors (Lipinski definition) is 2. The normalized spacial score (nSPS) is 20.6. The van der Waals surface area contributed by atoms with Crippen molar-refractivity contribution in [1.29, 1.82) is 0 Å². The Morgan fingerprint density at radius 2 is 2.26 bits per heavy atom. The van der Waals surface area contributed by atoms with Crippen LogP contribution in [0.5, 0.6) is 0 Å². The number of carbonyl (C=O) groups excluding carboxylic acids is 1. The second-order valence-electron chi connectivity index (χ2n) is 5.32. The number of nitrogens with zero attached hydrogens (tertiary/aromatic N) is 1. The van der Waals surface area contributed by atoms with Crippen LogP contribution in [-0.4, -0.2) is 42.3 Å². The van der Waals surface area contributed by atoms with Gasteiger partial charge in [-0.3, -0.25) is 4.79 Å². The molecule has 1 unspecified atom stereocenters. The molecular weight excluding hydrogens is 238 g/mol. The van der Waals surface area contributed by atoms with E-state index in [1.165, 1.54) is 6.42 Å². The molecule has 1 aliphatic heterocycles. The van der Waals surface area contributed by atoms with Crippen molar-refractivity contribution in [2.75, 3.05) is 25.5 Å². The van der Waals surface area contributed by atoms with Crippen molar-refractivity contribution in [1.82, 2.24) is 9.88 Å². The van der Waals surface area contributed by atoms with Crippen LogP contribution >= 0.6 is 0 Å². The molecule has 0 amide bonds. The molecule has 2 heterocycles. The first-order valence-corrected chi connectivity index (χ1v) is 6.79. The summed E-state index contributed by atoms with van der Waals surface area (Å²) in [5.74, 6) is 0.858. The fraction of sp³-hybridized carbons (Fsp3) is 0.400. The van der Waals surface area contributed by atoms with E-state index in [1.807, 2.05) is 24.3 Å². The van der Waals surface area contributed by atoms with Gasteiger partial charge in [0.1, 0.15) is 5.82 Å². The Hall–Kier alpha value is -1.81. The molecule has 0 spiro atoms. The van der Waals surface area contributed by atoms with E-state index in [2.05, 4.69) is 22.2 Å². The number of hydrogen-bond acceptors (Lipinski definition) is 3. The van der Waals surface area contributed by atoms with Crippen LogP contribution in [0.15, 0.2) is 24.3 Å². The zero-order chi connectivity index (χ0) is 13.2. The SMILES string of the molecule is CN1CCCC(Nc2[nH]c3ccccc3c2C=O)C1. The Balaban J connectivity index is 1.89. The summed E-state index contributed by atoms with van der Waals surface area (Å²) in [5.41, 5.74) is 1.75. The van der Waals surface area contributed by atoms with Crippen LogP contribution in [0, 0.1) is 0 Å². The summed E-state index contributed by atoms with van der Waals surface area (Å²) in [6, 6.07) is 8.33. The number of H-pyrrole nitrogens is 1. The van der Waals surface area contributed by atoms with Crippen molar-refractivity contribution in [3.05, 3.63) is 29.8 Å². The van der Waals surface area contributed by atoms with Crippen LogP contribution in [0.25, 0.3) is 10.9 Å². The van der Waals surface area contributed by atoms with Gasteiger partial charge in [0.2, 0.25) is 0 Å². The van der Waals surface area contributed by atoms with Gasteiger partial charge in [-0.1, -0.05) is 18.2 Å². The Morgan fingerprint density at radius 1 is 1.42 bits per heavy atom. The van der Waals surface area contributed by atoms with E-state index in [4.69, 9.17) is 0 Å². The summed E-state index contributed by atoms with van der Waals surface area (Å²) >= 11 is 0. The van der Waals surface area contributed by atoms with Gasteiger partial charge in [0.15, 0.2) is 6.29 Å². The Labute approximate surface area is 112 Å². The molecule has 1 fully saturated rings. The number of carbonyl (C=O) groups is 1. The fourth-order valence-electron chi connectivity index (χ4n) is 2.89. The molecule has 1 aromatic heterocycles. The van der Waals surface area contributed by atoms with Gasteiger partial charge in [0.05, 0.1) is 5.56 Å². The van der Waals surface area contributed by atoms with Crippen molar-refractivity contribution in [3.63, 3.8) is 0 Å². The van der Waals surface area contributed by atoms with Crippen molar-refractivity contribution >= 4 is 23.0 Å². The number of nitrogens with one attached hydrogen (secondary N) is 2. The Kier molecular flexibility index (Phi) is 3.25. The summed E-state index contributed by atoms with van der Waals surface area (Å²) in [4.78, 5) is 17.0. The first-order valence-electron chi connectivity index (χ1n) is 6.79. The lowest BCUT2D eigenvalue weighted by Crippen LogP contribution is -2.39. The summed E-state index contributed by atoms with van der Waals surface area (Å²) in [6.07, 6.45) is 3.29. The molecule has 0 saturated carbocycles. The molecule has 100 valence electrons. The average molecular weight is 257 g/mol. The summed E-state index contributed by atoms with van der Waals surface area (Å²) in [6.45, 7) is 2.18. The highest BCUT2D eigenvalue weighted by atomic mass is 16.1. The minimum absolute atomic E-state index is 0.408. The second-order valence-corrected chi connectivity index (χ2v) is 5.32. The molecule has 1 aliphatic rings. The monoisotopic (exact) mass is 257 g/mol. The van der Waals surface area contributed by atoms with E-state index >= 15 is 0 Å². The molecular formula is C15H19N3O. The first kappa shape index (κ1) is 12.2. The standard InChI is InChI=1S/C15H19N3O/c1-18-8-4-5-11(9-18)16-15-13(10-19)12-6-2-3-7-14(12)17-15/h2-3,6-7,10-11,16-17H,4-5,8-9H2,1H3. The molecule has 1 saturated heterocycles. The number of anilines is 1. The number of benzene rings is 1. The largest absolute Gasteiger partial charge is 0.367 e. The number of likely N-dealkylation sites (tertiary alicyclic amines) is 1. The highest BCUT2D eigenvalue weighted by Crippen LogP contribution is 2.26. The summed E-state index contributed by atoms with van der Waals surface area (Å²) in [7, 11) is 2.14. The van der Waals surface area contributed by atoms with Crippen LogP contribution in [0.4, 0.5) is 5.82 Å². The van der Waals surface area contributed by atoms with Crippen molar-refractivity contribution in [2.24, 2.45) is 0 Å². The van der Waals surface area contributed by atoms with E-state index in [0.29, 0.717) is 6.04 Å². The van der Waals surface area contributed by atoms with E-state index in [9.17, 15) is 4.79 Å². The first-order chi connectivity index (χ1) is 9.28. The number of piperidine rings is 1. The number of likely N-dealkylation sites (N-methyl/N-ethyl adjacent to an activating group) is 1. The third-order valence-electron chi connectivity index (χ3n) is 3.84. The molecule has 0 radical (unpaired) electrons. The summed E-state index contributed by atoms with van der Waals surface area (Å²) < 4.78 is 0. The minimum atomic E-state index is 0.408. The maximum atomic E-state index is 11.3. The van der Waals surface area contributed by atoms with Crippen molar-refractivity contribution in [2.45, 2.75) is 18.9 Å². The lowest BCUT2D eigenvalue weighted by atomic mass is 10.1. The third kappa shape index (κ3) is 2.36. The van der Waals surface area contributed by atoms with Gasteiger partial charge < -0.3 is 15.2 Å². The molecule has 2 N–H and O–H groups in total. The second kappa shape index (κ2) is 5.05. The highest BCUT2D eigenvalue weighted by Gasteiger charge is 2.19. The van der Waals surface area contributed by atoms with E-state index in [-0.39, 0.29) is 0 Å². The number of aromatic nitrogens is 1. The van der Waals surface area contributed by atoms with Gasteiger partial charge in [-0.2, -0.15) is 0 Å². The number of aromatic amines is 1. The van der Waals surface area contributed by atoms with Crippen molar-refractivity contribution < 1.29 is 4.79 Å². The zero-order valence-electron chi connectivity index (χ0n) is 11.1. The zero-order valence-corrected chi connectivity index (χ0v) is 11.1. The fourth-order valence-corrected chi connectivity index (χ4v) is 2.89. The number of para-hydroxylation sites is 1. The van der Waals surface area contributed by atoms with Gasteiger partial charge in [0, 0.05) is 23.5 Å². The molecule has 1 aromatic carbocycles. The Morgan fingerprint density at radius 3 is 3.05 bits per heavy atom. The van der Waals surface area contributed by atoms with Gasteiger partial charge in [-0.25, -0.2) is 0 Å². The number of fused-ring (bicyclic) bond motifs is 1. The highest BCUT2D eigenvalue weighted by molar-refractivity contribution is 6.03. The lowest BCUT2D eigenvalue weighted by Gasteiger charge is -2.30. The predicted octanol–water partition coefficient (Wildman–Crippen LogP) is 2.49. The van der Waals surface area contributed by atoms with E-state index in [0.717, 1.165) is 48.1 Å². The lowest BCUT2D eigenvalue weighted by molar-refractivity contribution is 0.112. The van der Waals surface area contributed by atoms with Crippen LogP contribution in [0.2, 0.25) is 0 Å². The predicted molar refractivity (Wildman–Crippen MR) is 77.8 cm³/mol. The number of rotatable bonds is 3. The van der Waals surface area contributed by atoms with Crippen LogP contribution in [0.3, 0.4) is 0 Å². The van der Waals surface area contributed by atoms with Gasteiger partial charge >= 0.3 is 0 Å². The van der Waals surface area contributed by atoms with Crippen LogP contribution in [0.1, 0.15) is 23.2 Å². The third-order valence-corrected chi connectivity index (χ3v) is 3.84. The van der Waals surface area contributed by atoms with Gasteiger partial charge in [-0.15, -0.1) is 0 Å². The number of aldehydes is 1. The smallest absolute Gasteiger partial charge is 0.154 e. The van der Waals surface area contributed by atoms with Crippen molar-refractivity contribution in [3.8, 4) is 0 Å². The van der Waals surface area contributed by atoms with Gasteiger partial charge in [-0.05, 0) is 32.5 Å². The van der Waals surface area contributed by atoms with E-state index < -0.39 is 0 Å². The van der Waals surface area contributed by atoms with Gasteiger partial charge in [0.25, 0.3) is 0 Å². The molecule has 0 bridgehead atoms. The Bertz CT molecular complexity index is 590. The topological polar surface area (TPSA) is 48.1 Å². The molecule has 4 heteroatoms. The van der Waals surface area contributed by atoms with Crippen LogP contribution in [-0.2, 0) is 0 Å². The van der Waals surface area contributed by atoms with E-state index in [1.54, 1.807) is 0 Å². The minimum Gasteiger partial charge on any atom is -0.367 e. The molecule has 1 atom stereocenters. The maximum absolute atomic E-state index is 11.3. The quantitative estimate of drug-likeness (QED) is 0.830.